The normalized spacial score (nSPS) is 10.6. The minimum atomic E-state index is -0.219. The highest BCUT2D eigenvalue weighted by molar-refractivity contribution is 8.01. The summed E-state index contributed by atoms with van der Waals surface area (Å²) in [6, 6.07) is 7.27. The van der Waals surface area contributed by atoms with Gasteiger partial charge in [-0.25, -0.2) is 4.68 Å². The van der Waals surface area contributed by atoms with Gasteiger partial charge in [-0.2, -0.15) is 0 Å². The lowest BCUT2D eigenvalue weighted by molar-refractivity contribution is -0.116. The molecule has 0 aliphatic heterocycles. The minimum Gasteiger partial charge on any atom is -0.494 e. The predicted octanol–water partition coefficient (Wildman–Crippen LogP) is 2.46. The summed E-state index contributed by atoms with van der Waals surface area (Å²) in [6.07, 6.45) is 3.73. The van der Waals surface area contributed by atoms with E-state index in [1.807, 2.05) is 12.1 Å². The zero-order valence-electron chi connectivity index (χ0n) is 16.9. The van der Waals surface area contributed by atoms with Crippen molar-refractivity contribution in [2.75, 3.05) is 23.0 Å². The third-order valence-electron chi connectivity index (χ3n) is 3.84. The first-order valence-corrected chi connectivity index (χ1v) is 11.4. The summed E-state index contributed by atoms with van der Waals surface area (Å²) in [6.45, 7) is 3.16. The summed E-state index contributed by atoms with van der Waals surface area (Å²) in [5.41, 5.74) is 0.696. The Morgan fingerprint density at radius 3 is 2.74 bits per heavy atom. The number of nitrogens with zero attached hydrogens (tertiary/aromatic N) is 6. The first-order chi connectivity index (χ1) is 15.1. The molecule has 0 saturated carbocycles. The van der Waals surface area contributed by atoms with Crippen LogP contribution in [0.1, 0.15) is 26.2 Å². The monoisotopic (exact) mass is 462 g/mol. The first kappa shape index (κ1) is 22.6. The van der Waals surface area contributed by atoms with E-state index in [0.29, 0.717) is 28.3 Å². The molecule has 0 spiro atoms. The number of hydrogen-bond donors (Lipinski definition) is 2. The maximum Gasteiger partial charge on any atom is 0.234 e. The van der Waals surface area contributed by atoms with E-state index in [-0.39, 0.29) is 24.0 Å². The molecule has 0 radical (unpaired) electrons. The van der Waals surface area contributed by atoms with Gasteiger partial charge in [0.25, 0.3) is 0 Å². The topological polar surface area (TPSA) is 137 Å². The van der Waals surface area contributed by atoms with Gasteiger partial charge in [0.1, 0.15) is 12.1 Å². The molecule has 0 aliphatic carbocycles. The molecule has 3 rings (SSSR count). The number of nitrogens with one attached hydrogen (secondary N) is 2. The van der Waals surface area contributed by atoms with Gasteiger partial charge in [-0.15, -0.1) is 15.3 Å². The smallest absolute Gasteiger partial charge is 0.234 e. The molecular formula is C18H22N8O3S2. The van der Waals surface area contributed by atoms with Gasteiger partial charge in [0.15, 0.2) is 4.34 Å². The lowest BCUT2D eigenvalue weighted by Crippen LogP contribution is -2.14. The van der Waals surface area contributed by atoms with Gasteiger partial charge in [-0.1, -0.05) is 36.4 Å². The van der Waals surface area contributed by atoms with E-state index in [9.17, 15) is 9.59 Å². The quantitative estimate of drug-likeness (QED) is 0.236. The summed E-state index contributed by atoms with van der Waals surface area (Å²) >= 11 is 2.46. The third-order valence-corrected chi connectivity index (χ3v) is 5.82. The van der Waals surface area contributed by atoms with Crippen LogP contribution in [0.15, 0.2) is 34.9 Å². The molecule has 3 aromatic rings. The van der Waals surface area contributed by atoms with Gasteiger partial charge >= 0.3 is 0 Å². The van der Waals surface area contributed by atoms with Crippen LogP contribution >= 0.6 is 23.1 Å². The summed E-state index contributed by atoms with van der Waals surface area (Å²) < 4.78 is 7.66. The van der Waals surface area contributed by atoms with Gasteiger partial charge in [0.05, 0.1) is 18.9 Å². The molecule has 0 bridgehead atoms. The summed E-state index contributed by atoms with van der Waals surface area (Å²) in [5, 5.41) is 24.5. The number of aryl methyl sites for hydroxylation is 1. The largest absolute Gasteiger partial charge is 0.494 e. The molecule has 31 heavy (non-hydrogen) atoms. The molecule has 0 saturated heterocycles. The van der Waals surface area contributed by atoms with E-state index in [0.717, 1.165) is 18.6 Å². The Morgan fingerprint density at radius 2 is 2.00 bits per heavy atom. The lowest BCUT2D eigenvalue weighted by Gasteiger charge is -2.07. The average molecular weight is 463 g/mol. The minimum absolute atomic E-state index is 0.160. The number of carbonyl (C=O) groups excluding carboxylic acids is 2. The molecule has 0 unspecified atom stereocenters. The molecule has 11 nitrogen and oxygen atoms in total. The third kappa shape index (κ3) is 7.94. The number of thioether (sulfide) groups is 1. The number of rotatable bonds is 12. The SMILES string of the molecule is CCCCOc1ccc(NC(=O)CSc2nnc(NC(=O)CCn3cnnn3)s2)cc1. The Kier molecular flexibility index (Phi) is 8.72. The lowest BCUT2D eigenvalue weighted by atomic mass is 10.3. The summed E-state index contributed by atoms with van der Waals surface area (Å²) in [4.78, 5) is 24.1. The van der Waals surface area contributed by atoms with E-state index in [1.54, 1.807) is 12.1 Å². The van der Waals surface area contributed by atoms with Crippen molar-refractivity contribution in [3.63, 3.8) is 0 Å². The number of aromatic nitrogens is 6. The van der Waals surface area contributed by atoms with Crippen molar-refractivity contribution in [1.82, 2.24) is 30.4 Å². The van der Waals surface area contributed by atoms with Gasteiger partial charge in [-0.05, 0) is 41.1 Å². The number of carbonyl (C=O) groups is 2. The van der Waals surface area contributed by atoms with Crippen LogP contribution in [0.3, 0.4) is 0 Å². The Balaban J connectivity index is 1.37. The van der Waals surface area contributed by atoms with Crippen molar-refractivity contribution >= 4 is 45.7 Å². The van der Waals surface area contributed by atoms with Crippen molar-refractivity contribution in [1.29, 1.82) is 0 Å². The number of anilines is 2. The number of unbranched alkanes of at least 4 members (excludes halogenated alkanes) is 1. The van der Waals surface area contributed by atoms with Crippen LogP contribution in [-0.2, 0) is 16.1 Å². The van der Waals surface area contributed by atoms with Gasteiger partial charge in [0, 0.05) is 12.1 Å². The number of hydrogen-bond acceptors (Lipinski definition) is 10. The molecular weight excluding hydrogens is 440 g/mol. The van der Waals surface area contributed by atoms with Crippen LogP contribution in [0, 0.1) is 0 Å². The van der Waals surface area contributed by atoms with E-state index >= 15 is 0 Å². The van der Waals surface area contributed by atoms with Crippen LogP contribution in [0.25, 0.3) is 0 Å². The molecule has 2 N–H and O–H groups in total. The highest BCUT2D eigenvalue weighted by Gasteiger charge is 2.11. The zero-order chi connectivity index (χ0) is 21.9. The highest BCUT2D eigenvalue weighted by Crippen LogP contribution is 2.26. The standard InChI is InChI=1S/C18H22N8O3S2/c1-2-3-10-29-14-6-4-13(5-7-14)20-16(28)11-30-18-23-22-17(31-18)21-15(27)8-9-26-12-19-24-25-26/h4-7,12H,2-3,8-11H2,1H3,(H,20,28)(H,21,22,27). The molecule has 164 valence electrons. The van der Waals surface area contributed by atoms with Crippen LogP contribution in [0.4, 0.5) is 10.8 Å². The number of tetrazole rings is 1. The first-order valence-electron chi connectivity index (χ1n) is 9.62. The summed E-state index contributed by atoms with van der Waals surface area (Å²) in [5.74, 6) is 0.577. The zero-order valence-corrected chi connectivity index (χ0v) is 18.5. The van der Waals surface area contributed by atoms with Crippen molar-refractivity contribution in [2.45, 2.75) is 37.1 Å². The van der Waals surface area contributed by atoms with Crippen LogP contribution in [-0.4, -0.2) is 54.6 Å². The average Bonchev–Trinajstić information content (AvgIpc) is 3.44. The Morgan fingerprint density at radius 1 is 1.16 bits per heavy atom. The van der Waals surface area contributed by atoms with E-state index in [1.165, 1.54) is 34.1 Å². The highest BCUT2D eigenvalue weighted by atomic mass is 32.2. The van der Waals surface area contributed by atoms with Gasteiger partial charge in [0.2, 0.25) is 16.9 Å². The number of benzene rings is 1. The summed E-state index contributed by atoms with van der Waals surface area (Å²) in [7, 11) is 0. The number of ether oxygens (including phenoxy) is 1. The van der Waals surface area contributed by atoms with Crippen molar-refractivity contribution in [3.8, 4) is 5.75 Å². The van der Waals surface area contributed by atoms with Crippen LogP contribution < -0.4 is 15.4 Å². The van der Waals surface area contributed by atoms with Crippen molar-refractivity contribution < 1.29 is 14.3 Å². The van der Waals surface area contributed by atoms with Crippen molar-refractivity contribution in [2.24, 2.45) is 0 Å². The molecule has 0 aliphatic rings. The Hall–Kier alpha value is -3.06. The second-order valence-corrected chi connectivity index (χ2v) is 8.51. The van der Waals surface area contributed by atoms with Crippen LogP contribution in [0.5, 0.6) is 5.75 Å². The van der Waals surface area contributed by atoms with Crippen LogP contribution in [0.2, 0.25) is 0 Å². The fourth-order valence-electron chi connectivity index (χ4n) is 2.29. The van der Waals surface area contributed by atoms with Gasteiger partial charge < -0.3 is 15.4 Å². The van der Waals surface area contributed by atoms with E-state index < -0.39 is 0 Å². The fourth-order valence-corrected chi connectivity index (χ4v) is 3.86. The maximum absolute atomic E-state index is 12.2. The van der Waals surface area contributed by atoms with Crippen molar-refractivity contribution in [3.05, 3.63) is 30.6 Å². The molecule has 1 aromatic carbocycles. The van der Waals surface area contributed by atoms with Gasteiger partial charge in [-0.3, -0.25) is 9.59 Å². The van der Waals surface area contributed by atoms with E-state index in [2.05, 4.69) is 43.3 Å². The fraction of sp³-hybridized carbons (Fsp3) is 0.389. The van der Waals surface area contributed by atoms with E-state index in [4.69, 9.17) is 4.74 Å². The molecule has 2 amide bonds. The molecule has 0 atom stereocenters. The molecule has 13 heteroatoms. The second-order valence-electron chi connectivity index (χ2n) is 6.31. The molecule has 0 fully saturated rings. The predicted molar refractivity (Wildman–Crippen MR) is 117 cm³/mol. The Labute approximate surface area is 187 Å². The molecule has 2 heterocycles. The molecule has 2 aromatic heterocycles. The second kappa shape index (κ2) is 12.0. The maximum atomic E-state index is 12.2. The number of amides is 2. The Bertz CT molecular complexity index is 963.